The van der Waals surface area contributed by atoms with Crippen LogP contribution in [0.25, 0.3) is 0 Å². The number of benzene rings is 3. The molecule has 0 bridgehead atoms. The molecule has 0 fully saturated rings. The quantitative estimate of drug-likeness (QED) is 0.396. The second kappa shape index (κ2) is 12.1. The van der Waals surface area contributed by atoms with Crippen molar-refractivity contribution >= 4 is 5.91 Å². The van der Waals surface area contributed by atoms with Gasteiger partial charge in [0.05, 0.1) is 48.1 Å². The monoisotopic (exact) mass is 546 g/mol. The number of methoxy groups -OCH3 is 5. The lowest BCUT2D eigenvalue weighted by atomic mass is 9.87. The molecule has 1 aliphatic carbocycles. The van der Waals surface area contributed by atoms with Crippen molar-refractivity contribution in [2.24, 2.45) is 0 Å². The molecule has 3 aromatic carbocycles. The highest BCUT2D eigenvalue weighted by Crippen LogP contribution is 2.47. The van der Waals surface area contributed by atoms with Crippen molar-refractivity contribution < 1.29 is 28.5 Å². The van der Waals surface area contributed by atoms with Crippen LogP contribution in [0, 0.1) is 0 Å². The first-order chi connectivity index (χ1) is 19.5. The van der Waals surface area contributed by atoms with E-state index in [-0.39, 0.29) is 24.5 Å². The van der Waals surface area contributed by atoms with Gasteiger partial charge >= 0.3 is 0 Å². The predicted octanol–water partition coefficient (Wildman–Crippen LogP) is 4.68. The topological polar surface area (TPSA) is 78.5 Å². The van der Waals surface area contributed by atoms with Crippen LogP contribution in [0.2, 0.25) is 0 Å². The summed E-state index contributed by atoms with van der Waals surface area (Å²) in [7, 11) is 8.16. The molecule has 1 aliphatic heterocycles. The number of carbonyl (C=O) groups excluding carboxylic acids is 1. The standard InChI is InChI=1S/C32H38N2O6/c1-36-27-13-10-20(17-28(27)37-2)16-26-24-18-29(38-3)32(40-5)31(39-4)23(24)14-15-34(26)19-30(35)33-25-12-11-21-8-6-7-9-22(21)25/h6-10,13,17-18,25-26H,11-12,14-16,19H2,1-5H3,(H,33,35). The normalized spacial score (nSPS) is 17.9. The number of hydrogen-bond acceptors (Lipinski definition) is 7. The van der Waals surface area contributed by atoms with Gasteiger partial charge in [-0.05, 0) is 66.1 Å². The summed E-state index contributed by atoms with van der Waals surface area (Å²) in [6, 6.07) is 16.3. The number of carbonyl (C=O) groups is 1. The van der Waals surface area contributed by atoms with Crippen LogP contribution in [-0.4, -0.2) is 59.4 Å². The summed E-state index contributed by atoms with van der Waals surface area (Å²) >= 11 is 0. The smallest absolute Gasteiger partial charge is 0.234 e. The van der Waals surface area contributed by atoms with Crippen LogP contribution in [0.1, 0.15) is 46.3 Å². The summed E-state index contributed by atoms with van der Waals surface area (Å²) in [4.78, 5) is 15.7. The molecule has 0 saturated heterocycles. The van der Waals surface area contributed by atoms with E-state index in [0.29, 0.717) is 41.7 Å². The third-order valence-corrected chi connectivity index (χ3v) is 8.11. The number of nitrogens with zero attached hydrogens (tertiary/aromatic N) is 1. The maximum atomic E-state index is 13.5. The Morgan fingerprint density at radius 1 is 0.825 bits per heavy atom. The van der Waals surface area contributed by atoms with E-state index in [4.69, 9.17) is 23.7 Å². The third kappa shape index (κ3) is 5.28. The van der Waals surface area contributed by atoms with Gasteiger partial charge in [-0.2, -0.15) is 0 Å². The Morgan fingerprint density at radius 2 is 1.57 bits per heavy atom. The Morgan fingerprint density at radius 3 is 2.30 bits per heavy atom. The molecule has 0 radical (unpaired) electrons. The van der Waals surface area contributed by atoms with Crippen molar-refractivity contribution in [2.45, 2.75) is 37.8 Å². The second-order valence-electron chi connectivity index (χ2n) is 10.2. The molecule has 212 valence electrons. The molecule has 2 atom stereocenters. The molecule has 1 amide bonds. The van der Waals surface area contributed by atoms with Crippen LogP contribution >= 0.6 is 0 Å². The fourth-order valence-corrected chi connectivity index (χ4v) is 6.19. The Kier molecular flexibility index (Phi) is 8.35. The molecule has 8 heteroatoms. The summed E-state index contributed by atoms with van der Waals surface area (Å²) in [5.41, 5.74) is 5.75. The molecule has 3 aromatic rings. The Balaban J connectivity index is 1.47. The highest BCUT2D eigenvalue weighted by molar-refractivity contribution is 5.79. The van der Waals surface area contributed by atoms with E-state index in [1.54, 1.807) is 35.5 Å². The van der Waals surface area contributed by atoms with Crippen LogP contribution in [-0.2, 0) is 24.1 Å². The largest absolute Gasteiger partial charge is 0.493 e. The molecule has 2 aliphatic rings. The number of nitrogens with one attached hydrogen (secondary N) is 1. The molecule has 0 aromatic heterocycles. The zero-order valence-corrected chi connectivity index (χ0v) is 23.9. The minimum absolute atomic E-state index is 0.0231. The average Bonchev–Trinajstić information content (AvgIpc) is 3.39. The van der Waals surface area contributed by atoms with Crippen LogP contribution in [0.15, 0.2) is 48.5 Å². The second-order valence-corrected chi connectivity index (χ2v) is 10.2. The van der Waals surface area contributed by atoms with Gasteiger partial charge in [0.15, 0.2) is 23.0 Å². The van der Waals surface area contributed by atoms with Gasteiger partial charge in [0.2, 0.25) is 11.7 Å². The molecule has 8 nitrogen and oxygen atoms in total. The fourth-order valence-electron chi connectivity index (χ4n) is 6.19. The van der Waals surface area contributed by atoms with Crippen molar-refractivity contribution in [3.8, 4) is 28.7 Å². The summed E-state index contributed by atoms with van der Waals surface area (Å²) in [6.07, 6.45) is 3.30. The lowest BCUT2D eigenvalue weighted by Gasteiger charge is -2.38. The Hall–Kier alpha value is -3.91. The lowest BCUT2D eigenvalue weighted by molar-refractivity contribution is -0.123. The third-order valence-electron chi connectivity index (χ3n) is 8.11. The van der Waals surface area contributed by atoms with Gasteiger partial charge in [0.1, 0.15) is 0 Å². The van der Waals surface area contributed by atoms with Crippen molar-refractivity contribution in [1.82, 2.24) is 10.2 Å². The molecule has 5 rings (SSSR count). The number of aryl methyl sites for hydroxylation is 1. The molecule has 1 heterocycles. The van der Waals surface area contributed by atoms with Gasteiger partial charge in [-0.3, -0.25) is 9.69 Å². The summed E-state index contributed by atoms with van der Waals surface area (Å²) in [6.45, 7) is 0.984. The number of ether oxygens (including phenoxy) is 5. The number of hydrogen-bond donors (Lipinski definition) is 1. The fraction of sp³-hybridized carbons (Fsp3) is 0.406. The van der Waals surface area contributed by atoms with E-state index in [1.165, 1.54) is 11.1 Å². The van der Waals surface area contributed by atoms with Gasteiger partial charge in [0.25, 0.3) is 0 Å². The van der Waals surface area contributed by atoms with Gasteiger partial charge in [-0.25, -0.2) is 0 Å². The minimum Gasteiger partial charge on any atom is -0.493 e. The van der Waals surface area contributed by atoms with Crippen molar-refractivity contribution in [1.29, 1.82) is 0 Å². The predicted molar refractivity (Wildman–Crippen MR) is 153 cm³/mol. The minimum atomic E-state index is -0.0998. The molecule has 1 N–H and O–H groups in total. The van der Waals surface area contributed by atoms with E-state index in [0.717, 1.165) is 36.0 Å². The summed E-state index contributed by atoms with van der Waals surface area (Å²) < 4.78 is 28.2. The highest BCUT2D eigenvalue weighted by atomic mass is 16.5. The number of fused-ring (bicyclic) bond motifs is 2. The summed E-state index contributed by atoms with van der Waals surface area (Å²) in [5, 5.41) is 3.30. The van der Waals surface area contributed by atoms with Crippen LogP contribution in [0.3, 0.4) is 0 Å². The maximum Gasteiger partial charge on any atom is 0.234 e. The van der Waals surface area contributed by atoms with Gasteiger partial charge in [-0.1, -0.05) is 30.3 Å². The molecular weight excluding hydrogens is 508 g/mol. The van der Waals surface area contributed by atoms with Gasteiger partial charge < -0.3 is 29.0 Å². The van der Waals surface area contributed by atoms with Crippen LogP contribution < -0.4 is 29.0 Å². The van der Waals surface area contributed by atoms with Crippen molar-refractivity contribution in [3.05, 3.63) is 76.3 Å². The van der Waals surface area contributed by atoms with Gasteiger partial charge in [0, 0.05) is 18.2 Å². The van der Waals surface area contributed by atoms with Crippen LogP contribution in [0.4, 0.5) is 0 Å². The molecule has 0 saturated carbocycles. The molecular formula is C32H38N2O6. The first kappa shape index (κ1) is 27.6. The van der Waals surface area contributed by atoms with E-state index in [9.17, 15) is 4.79 Å². The molecule has 2 unspecified atom stereocenters. The first-order valence-electron chi connectivity index (χ1n) is 13.6. The van der Waals surface area contributed by atoms with E-state index < -0.39 is 0 Å². The Labute approximate surface area is 236 Å². The SMILES string of the molecule is COc1ccc(CC2c3cc(OC)c(OC)c(OC)c3CCN2CC(=O)NC2CCc3ccccc32)cc1OC. The number of rotatable bonds is 10. The van der Waals surface area contributed by atoms with E-state index in [1.807, 2.05) is 30.3 Å². The zero-order valence-electron chi connectivity index (χ0n) is 23.9. The first-order valence-corrected chi connectivity index (χ1v) is 13.6. The molecule has 40 heavy (non-hydrogen) atoms. The number of amides is 1. The zero-order chi connectivity index (χ0) is 28.2. The summed E-state index contributed by atoms with van der Waals surface area (Å²) in [5.74, 6) is 3.24. The maximum absolute atomic E-state index is 13.5. The lowest BCUT2D eigenvalue weighted by Crippen LogP contribution is -2.44. The molecule has 0 spiro atoms. The van der Waals surface area contributed by atoms with E-state index in [2.05, 4.69) is 28.4 Å². The highest BCUT2D eigenvalue weighted by Gasteiger charge is 2.34. The van der Waals surface area contributed by atoms with E-state index >= 15 is 0 Å². The van der Waals surface area contributed by atoms with Crippen molar-refractivity contribution in [2.75, 3.05) is 48.6 Å². The average molecular weight is 547 g/mol. The van der Waals surface area contributed by atoms with Crippen molar-refractivity contribution in [3.63, 3.8) is 0 Å². The van der Waals surface area contributed by atoms with Crippen LogP contribution in [0.5, 0.6) is 28.7 Å². The Bertz CT molecular complexity index is 1370. The van der Waals surface area contributed by atoms with Gasteiger partial charge in [-0.15, -0.1) is 0 Å².